The zero-order chi connectivity index (χ0) is 37.2. The molecule has 2 saturated heterocycles. The Bertz CT molecular complexity index is 1970. The normalized spacial score (nSPS) is 20.3. The van der Waals surface area contributed by atoms with Gasteiger partial charge in [0.25, 0.3) is 17.7 Å². The maximum absolute atomic E-state index is 13.1. The van der Waals surface area contributed by atoms with E-state index in [1.807, 2.05) is 11.9 Å². The highest BCUT2D eigenvalue weighted by Crippen LogP contribution is 2.31. The van der Waals surface area contributed by atoms with Crippen molar-refractivity contribution in [1.29, 1.82) is 0 Å². The summed E-state index contributed by atoms with van der Waals surface area (Å²) in [6.45, 7) is 3.70. The van der Waals surface area contributed by atoms with Gasteiger partial charge in [-0.25, -0.2) is 14.8 Å². The van der Waals surface area contributed by atoms with Crippen LogP contribution in [0.15, 0.2) is 48.7 Å². The number of imide groups is 1. The Balaban J connectivity index is 0.905. The monoisotopic (exact) mass is 723 g/mol. The third kappa shape index (κ3) is 7.34. The number of carbonyl (C=O) groups is 6. The highest BCUT2D eigenvalue weighted by atomic mass is 16.5. The molecule has 1 aromatic heterocycles. The second-order valence-electron chi connectivity index (χ2n) is 13.7. The highest BCUT2D eigenvalue weighted by Gasteiger charge is 2.44. The summed E-state index contributed by atoms with van der Waals surface area (Å²) in [4.78, 5) is 90.7. The number of nitrogens with one attached hydrogen (secondary N) is 2. The number of ether oxygens (including phenoxy) is 1. The molecular formula is C37H41N9O7. The number of hydrogen-bond acceptors (Lipinski definition) is 12. The number of likely N-dealkylation sites (N-methyl/N-ethyl adjacent to an activating group) is 1. The van der Waals surface area contributed by atoms with Crippen molar-refractivity contribution in [2.75, 3.05) is 61.9 Å². The van der Waals surface area contributed by atoms with Crippen LogP contribution in [0, 0.1) is 0 Å². The lowest BCUT2D eigenvalue weighted by molar-refractivity contribution is -0.132. The number of Topliss-reactive ketones (excluding diaryl/α,β-unsaturated/α-hetero) is 2. The summed E-state index contributed by atoms with van der Waals surface area (Å²) in [6.07, 6.45) is 4.06. The molecule has 16 heteroatoms. The van der Waals surface area contributed by atoms with Crippen LogP contribution in [-0.4, -0.2) is 118 Å². The van der Waals surface area contributed by atoms with E-state index in [0.29, 0.717) is 62.1 Å². The number of urea groups is 1. The molecule has 16 nitrogen and oxygen atoms in total. The molecule has 53 heavy (non-hydrogen) atoms. The molecule has 0 radical (unpaired) electrons. The number of anilines is 4. The second-order valence-corrected chi connectivity index (χ2v) is 13.7. The Morgan fingerprint density at radius 2 is 1.74 bits per heavy atom. The zero-order valence-corrected chi connectivity index (χ0v) is 29.4. The molecule has 3 aliphatic heterocycles. The van der Waals surface area contributed by atoms with Gasteiger partial charge in [0.1, 0.15) is 17.4 Å². The van der Waals surface area contributed by atoms with Gasteiger partial charge in [-0.15, -0.1) is 0 Å². The smallest absolute Gasteiger partial charge is 0.320 e. The number of aromatic nitrogens is 2. The third-order valence-corrected chi connectivity index (χ3v) is 10.1. The topological polar surface area (TPSA) is 200 Å². The van der Waals surface area contributed by atoms with E-state index in [4.69, 9.17) is 15.5 Å². The number of primary amides is 1. The van der Waals surface area contributed by atoms with Crippen LogP contribution in [0.3, 0.4) is 0 Å². The lowest BCUT2D eigenvalue weighted by Crippen LogP contribution is -2.49. The predicted octanol–water partition coefficient (Wildman–Crippen LogP) is 2.82. The first-order valence-electron chi connectivity index (χ1n) is 17.8. The predicted molar refractivity (Wildman–Crippen MR) is 193 cm³/mol. The first-order chi connectivity index (χ1) is 25.6. The number of rotatable bonds is 12. The number of nitrogens with zero attached hydrogens (tertiary/aromatic N) is 6. The van der Waals surface area contributed by atoms with Gasteiger partial charge in [-0.05, 0) is 68.1 Å². The lowest BCUT2D eigenvalue weighted by Gasteiger charge is -2.37. The summed E-state index contributed by atoms with van der Waals surface area (Å²) in [6, 6.07) is 11.3. The minimum absolute atomic E-state index is 0.0140. The summed E-state index contributed by atoms with van der Waals surface area (Å²) in [7, 11) is 1.81. The standard InChI is InChI=1S/C37H41N9O7/c1-43-15-16-45(37(43)52)24-4-2-14-44(21-24)31-20-40-32(33(38)49)34(42-31)41-22-5-9-26(10-6-22)53-17-3-13-39-23-7-11-27-28(18-23)36(51)46(35(27)50)29-12-8-25(47)19-30(29)48/h5-7,9-11,18,20,24,29,39H,2-4,8,12-17,19,21H2,1H3,(H2,38,49)(H,41,42)/t24-,29?/m1/s1. The number of hydrogen-bond donors (Lipinski definition) is 3. The molecule has 1 saturated carbocycles. The summed E-state index contributed by atoms with van der Waals surface area (Å²) in [5, 5.41) is 6.41. The quantitative estimate of drug-likeness (QED) is 0.140. The van der Waals surface area contributed by atoms with Gasteiger partial charge in [0, 0.05) is 57.6 Å². The minimum atomic E-state index is -0.902. The largest absolute Gasteiger partial charge is 0.494 e. The van der Waals surface area contributed by atoms with Gasteiger partial charge in [0.2, 0.25) is 0 Å². The van der Waals surface area contributed by atoms with Crippen molar-refractivity contribution in [3.05, 3.63) is 65.5 Å². The molecule has 1 unspecified atom stereocenters. The number of nitrogens with two attached hydrogens (primary N) is 1. The van der Waals surface area contributed by atoms with Gasteiger partial charge in [0.05, 0.1) is 42.4 Å². The van der Waals surface area contributed by atoms with E-state index in [1.165, 1.54) is 0 Å². The summed E-state index contributed by atoms with van der Waals surface area (Å²) in [5.74, 6) is -0.851. The number of ketones is 2. The average Bonchev–Trinajstić information content (AvgIpc) is 3.61. The fourth-order valence-corrected chi connectivity index (χ4v) is 7.27. The fraction of sp³-hybridized carbons (Fsp3) is 0.405. The van der Waals surface area contributed by atoms with Crippen LogP contribution in [0.25, 0.3) is 0 Å². The van der Waals surface area contributed by atoms with Gasteiger partial charge in [-0.3, -0.25) is 28.9 Å². The van der Waals surface area contributed by atoms with Crippen LogP contribution in [-0.2, 0) is 9.59 Å². The van der Waals surface area contributed by atoms with E-state index < -0.39 is 29.5 Å². The van der Waals surface area contributed by atoms with Crippen molar-refractivity contribution in [1.82, 2.24) is 24.7 Å². The Hall–Kier alpha value is -6.06. The molecule has 3 aromatic rings. The van der Waals surface area contributed by atoms with Gasteiger partial charge in [-0.1, -0.05) is 0 Å². The lowest BCUT2D eigenvalue weighted by atomic mass is 9.92. The highest BCUT2D eigenvalue weighted by molar-refractivity contribution is 6.24. The van der Waals surface area contributed by atoms with Crippen molar-refractivity contribution in [2.45, 2.75) is 50.6 Å². The summed E-state index contributed by atoms with van der Waals surface area (Å²) in [5.41, 5.74) is 7.43. The van der Waals surface area contributed by atoms with Gasteiger partial charge in [-0.2, -0.15) is 0 Å². The van der Waals surface area contributed by atoms with Crippen LogP contribution in [0.4, 0.5) is 27.8 Å². The van der Waals surface area contributed by atoms with Crippen molar-refractivity contribution in [2.24, 2.45) is 5.73 Å². The van der Waals surface area contributed by atoms with Crippen LogP contribution < -0.4 is 26.0 Å². The van der Waals surface area contributed by atoms with Crippen LogP contribution in [0.5, 0.6) is 5.75 Å². The maximum atomic E-state index is 13.1. The molecule has 2 atom stereocenters. The first kappa shape index (κ1) is 35.3. The Kier molecular flexibility index (Phi) is 9.93. The Morgan fingerprint density at radius 1 is 0.962 bits per heavy atom. The van der Waals surface area contributed by atoms with E-state index in [1.54, 1.807) is 53.6 Å². The molecule has 4 N–H and O–H groups in total. The number of benzene rings is 2. The van der Waals surface area contributed by atoms with Gasteiger partial charge in [0.15, 0.2) is 17.3 Å². The van der Waals surface area contributed by atoms with Crippen LogP contribution >= 0.6 is 0 Å². The maximum Gasteiger partial charge on any atom is 0.320 e. The molecule has 5 amide bonds. The SMILES string of the molecule is CN1CCN([C@@H]2CCCN(c3cnc(C(N)=O)c(Nc4ccc(OCCCNc5ccc6c(c5)C(=O)N(C5CCC(=O)CC5=O)C6=O)cc4)n3)C2)C1=O. The van der Waals surface area contributed by atoms with E-state index in [9.17, 15) is 28.8 Å². The third-order valence-electron chi connectivity index (χ3n) is 10.1. The number of amides is 5. The molecule has 0 bridgehead atoms. The van der Waals surface area contributed by atoms with Crippen molar-refractivity contribution >= 4 is 58.3 Å². The average molecular weight is 724 g/mol. The van der Waals surface area contributed by atoms with Crippen LogP contribution in [0.1, 0.15) is 69.7 Å². The molecule has 276 valence electrons. The molecule has 4 aliphatic rings. The van der Waals surface area contributed by atoms with Crippen molar-refractivity contribution in [3.63, 3.8) is 0 Å². The molecular weight excluding hydrogens is 682 g/mol. The second kappa shape index (κ2) is 14.9. The summed E-state index contributed by atoms with van der Waals surface area (Å²) >= 11 is 0. The molecule has 1 aliphatic carbocycles. The molecule has 0 spiro atoms. The fourth-order valence-electron chi connectivity index (χ4n) is 7.27. The minimum Gasteiger partial charge on any atom is -0.494 e. The molecule has 4 heterocycles. The number of carbonyl (C=O) groups excluding carboxylic acids is 6. The molecule has 3 fully saturated rings. The van der Waals surface area contributed by atoms with Gasteiger partial charge >= 0.3 is 6.03 Å². The Morgan fingerprint density at radius 3 is 2.47 bits per heavy atom. The van der Waals surface area contributed by atoms with Crippen LogP contribution in [0.2, 0.25) is 0 Å². The molecule has 2 aromatic carbocycles. The Labute approximate surface area is 305 Å². The van der Waals surface area contributed by atoms with E-state index in [0.717, 1.165) is 24.3 Å². The summed E-state index contributed by atoms with van der Waals surface area (Å²) < 4.78 is 5.91. The molecule has 7 rings (SSSR count). The van der Waals surface area contributed by atoms with E-state index in [2.05, 4.69) is 20.5 Å². The number of piperidine rings is 1. The van der Waals surface area contributed by atoms with E-state index in [-0.39, 0.29) is 59.8 Å². The van der Waals surface area contributed by atoms with Gasteiger partial charge < -0.3 is 35.8 Å². The zero-order valence-electron chi connectivity index (χ0n) is 29.4. The van der Waals surface area contributed by atoms with E-state index >= 15 is 0 Å². The first-order valence-corrected chi connectivity index (χ1v) is 17.8. The van der Waals surface area contributed by atoms with Crippen molar-refractivity contribution < 1.29 is 33.5 Å². The number of fused-ring (bicyclic) bond motifs is 1. The van der Waals surface area contributed by atoms with Crippen molar-refractivity contribution in [3.8, 4) is 5.75 Å².